The maximum atomic E-state index is 11.6. The van der Waals surface area contributed by atoms with Crippen LogP contribution in [0.3, 0.4) is 0 Å². The van der Waals surface area contributed by atoms with E-state index in [2.05, 4.69) is 15.6 Å². The standard InChI is InChI=1S/C12H17N3O3/c1-12(2,3)15-9(16)7-14-11(18)8-5-4-6-13-10(8)17/h4-6H,7H2,1-3H3,(H,13,17)(H,14,18)(H,15,16). The van der Waals surface area contributed by atoms with Crippen LogP contribution < -0.4 is 16.2 Å². The second-order valence-electron chi connectivity index (χ2n) is 4.89. The van der Waals surface area contributed by atoms with Crippen LogP contribution in [-0.2, 0) is 4.79 Å². The molecule has 0 bridgehead atoms. The number of pyridine rings is 1. The number of H-pyrrole nitrogens is 1. The van der Waals surface area contributed by atoms with E-state index < -0.39 is 11.5 Å². The molecular weight excluding hydrogens is 234 g/mol. The van der Waals surface area contributed by atoms with Gasteiger partial charge in [-0.3, -0.25) is 14.4 Å². The van der Waals surface area contributed by atoms with Gasteiger partial charge in [0.1, 0.15) is 5.56 Å². The summed E-state index contributed by atoms with van der Waals surface area (Å²) in [7, 11) is 0. The van der Waals surface area contributed by atoms with E-state index in [0.717, 1.165) is 0 Å². The molecule has 0 saturated carbocycles. The Balaban J connectivity index is 2.55. The number of amides is 2. The number of hydrogen-bond acceptors (Lipinski definition) is 3. The number of rotatable bonds is 3. The molecule has 3 N–H and O–H groups in total. The Morgan fingerprint density at radius 1 is 1.33 bits per heavy atom. The van der Waals surface area contributed by atoms with E-state index >= 15 is 0 Å². The lowest BCUT2D eigenvalue weighted by Gasteiger charge is -2.20. The molecule has 2 amide bonds. The Kier molecular flexibility index (Phi) is 4.25. The predicted molar refractivity (Wildman–Crippen MR) is 67.3 cm³/mol. The highest BCUT2D eigenvalue weighted by atomic mass is 16.2. The highest BCUT2D eigenvalue weighted by molar-refractivity contribution is 5.96. The number of nitrogens with one attached hydrogen (secondary N) is 3. The van der Waals surface area contributed by atoms with Crippen molar-refractivity contribution in [2.75, 3.05) is 6.54 Å². The van der Waals surface area contributed by atoms with Crippen molar-refractivity contribution in [3.8, 4) is 0 Å². The Hall–Kier alpha value is -2.11. The maximum absolute atomic E-state index is 11.6. The first-order chi connectivity index (χ1) is 8.29. The zero-order valence-electron chi connectivity index (χ0n) is 10.7. The summed E-state index contributed by atoms with van der Waals surface area (Å²) in [5, 5.41) is 5.09. The first-order valence-electron chi connectivity index (χ1n) is 5.56. The first kappa shape index (κ1) is 14.0. The topological polar surface area (TPSA) is 91.1 Å². The molecular formula is C12H17N3O3. The normalized spacial score (nSPS) is 10.8. The fourth-order valence-corrected chi connectivity index (χ4v) is 1.32. The van der Waals surface area contributed by atoms with Gasteiger partial charge >= 0.3 is 0 Å². The Labute approximate surface area is 105 Å². The maximum Gasteiger partial charge on any atom is 0.260 e. The van der Waals surface area contributed by atoms with Crippen LogP contribution >= 0.6 is 0 Å². The first-order valence-corrected chi connectivity index (χ1v) is 5.56. The SMILES string of the molecule is CC(C)(C)NC(=O)CNC(=O)c1ccc[nH]c1=O. The van der Waals surface area contributed by atoms with Crippen molar-refractivity contribution in [1.29, 1.82) is 0 Å². The smallest absolute Gasteiger partial charge is 0.260 e. The van der Waals surface area contributed by atoms with Gasteiger partial charge in [-0.1, -0.05) is 0 Å². The monoisotopic (exact) mass is 251 g/mol. The average molecular weight is 251 g/mol. The number of carbonyl (C=O) groups excluding carboxylic acids is 2. The molecule has 0 aliphatic rings. The summed E-state index contributed by atoms with van der Waals surface area (Å²) in [6.45, 7) is 5.36. The molecule has 6 heteroatoms. The molecule has 1 heterocycles. The van der Waals surface area contributed by atoms with Crippen LogP contribution in [0.15, 0.2) is 23.1 Å². The Morgan fingerprint density at radius 2 is 2.00 bits per heavy atom. The largest absolute Gasteiger partial charge is 0.350 e. The zero-order valence-corrected chi connectivity index (χ0v) is 10.7. The third-order valence-corrected chi connectivity index (χ3v) is 1.99. The summed E-state index contributed by atoms with van der Waals surface area (Å²) in [6, 6.07) is 2.95. The summed E-state index contributed by atoms with van der Waals surface area (Å²) < 4.78 is 0. The second-order valence-corrected chi connectivity index (χ2v) is 4.89. The van der Waals surface area contributed by atoms with E-state index in [1.54, 1.807) is 6.07 Å². The van der Waals surface area contributed by atoms with Crippen molar-refractivity contribution in [2.45, 2.75) is 26.3 Å². The van der Waals surface area contributed by atoms with Crippen LogP contribution in [0.4, 0.5) is 0 Å². The summed E-state index contributed by atoms with van der Waals surface area (Å²) in [5.41, 5.74) is -0.848. The van der Waals surface area contributed by atoms with E-state index in [1.165, 1.54) is 12.3 Å². The number of aromatic amines is 1. The molecule has 1 rings (SSSR count). The summed E-state index contributed by atoms with van der Waals surface area (Å²) in [4.78, 5) is 36.8. The minimum Gasteiger partial charge on any atom is -0.350 e. The van der Waals surface area contributed by atoms with Crippen LogP contribution in [0.5, 0.6) is 0 Å². The molecule has 0 unspecified atom stereocenters. The number of hydrogen-bond donors (Lipinski definition) is 3. The molecule has 6 nitrogen and oxygen atoms in total. The molecule has 0 saturated heterocycles. The van der Waals surface area contributed by atoms with Crippen molar-refractivity contribution in [3.63, 3.8) is 0 Å². The molecule has 0 spiro atoms. The molecule has 18 heavy (non-hydrogen) atoms. The highest BCUT2D eigenvalue weighted by Gasteiger charge is 2.15. The van der Waals surface area contributed by atoms with Gasteiger partial charge in [0.25, 0.3) is 11.5 Å². The van der Waals surface area contributed by atoms with Gasteiger partial charge in [0.05, 0.1) is 6.54 Å². The Morgan fingerprint density at radius 3 is 2.56 bits per heavy atom. The van der Waals surface area contributed by atoms with Crippen LogP contribution in [0, 0.1) is 0 Å². The van der Waals surface area contributed by atoms with Gasteiger partial charge in [-0.05, 0) is 32.9 Å². The molecule has 0 radical (unpaired) electrons. The summed E-state index contributed by atoms with van der Waals surface area (Å²) in [5.74, 6) is -0.871. The van der Waals surface area contributed by atoms with Gasteiger partial charge < -0.3 is 15.6 Å². The van der Waals surface area contributed by atoms with E-state index in [0.29, 0.717) is 0 Å². The lowest BCUT2D eigenvalue weighted by atomic mass is 10.1. The van der Waals surface area contributed by atoms with Crippen molar-refractivity contribution >= 4 is 11.8 Å². The van der Waals surface area contributed by atoms with Gasteiger partial charge in [-0.2, -0.15) is 0 Å². The molecule has 1 aromatic rings. The minimum absolute atomic E-state index is 0.0129. The summed E-state index contributed by atoms with van der Waals surface area (Å²) in [6.07, 6.45) is 1.44. The quantitative estimate of drug-likeness (QED) is 0.707. The van der Waals surface area contributed by atoms with E-state index in [9.17, 15) is 14.4 Å². The third kappa shape index (κ3) is 4.40. The van der Waals surface area contributed by atoms with Crippen molar-refractivity contribution in [3.05, 3.63) is 34.2 Å². The molecule has 0 fully saturated rings. The lowest BCUT2D eigenvalue weighted by molar-refractivity contribution is -0.121. The zero-order chi connectivity index (χ0) is 13.8. The van der Waals surface area contributed by atoms with E-state index in [4.69, 9.17) is 0 Å². The Bertz CT molecular complexity index is 500. The van der Waals surface area contributed by atoms with Gasteiger partial charge in [-0.15, -0.1) is 0 Å². The van der Waals surface area contributed by atoms with Crippen molar-refractivity contribution in [1.82, 2.24) is 15.6 Å². The molecule has 0 aromatic carbocycles. The molecule has 1 aromatic heterocycles. The second kappa shape index (κ2) is 5.48. The van der Waals surface area contributed by atoms with Crippen molar-refractivity contribution < 1.29 is 9.59 Å². The fourth-order valence-electron chi connectivity index (χ4n) is 1.32. The van der Waals surface area contributed by atoms with E-state index in [-0.39, 0.29) is 23.6 Å². The third-order valence-electron chi connectivity index (χ3n) is 1.99. The van der Waals surface area contributed by atoms with E-state index in [1.807, 2.05) is 20.8 Å². The molecule has 0 aliphatic heterocycles. The summed E-state index contributed by atoms with van der Waals surface area (Å²) >= 11 is 0. The van der Waals surface area contributed by atoms with Gasteiger partial charge in [-0.25, -0.2) is 0 Å². The fraction of sp³-hybridized carbons (Fsp3) is 0.417. The number of aromatic nitrogens is 1. The van der Waals surface area contributed by atoms with Crippen LogP contribution in [0.1, 0.15) is 31.1 Å². The average Bonchev–Trinajstić information content (AvgIpc) is 2.24. The minimum atomic E-state index is -0.569. The van der Waals surface area contributed by atoms with Crippen LogP contribution in [0.2, 0.25) is 0 Å². The number of carbonyl (C=O) groups is 2. The van der Waals surface area contributed by atoms with Gasteiger partial charge in [0.2, 0.25) is 5.91 Å². The van der Waals surface area contributed by atoms with Crippen molar-refractivity contribution in [2.24, 2.45) is 0 Å². The molecule has 0 atom stereocenters. The molecule has 98 valence electrons. The predicted octanol–water partition coefficient (Wildman–Crippen LogP) is 0.0194. The van der Waals surface area contributed by atoms with Gasteiger partial charge in [0.15, 0.2) is 0 Å². The van der Waals surface area contributed by atoms with Crippen LogP contribution in [0.25, 0.3) is 0 Å². The van der Waals surface area contributed by atoms with Gasteiger partial charge in [0, 0.05) is 11.7 Å². The van der Waals surface area contributed by atoms with Crippen LogP contribution in [-0.4, -0.2) is 28.9 Å². The lowest BCUT2D eigenvalue weighted by Crippen LogP contribution is -2.46. The molecule has 0 aliphatic carbocycles. The highest BCUT2D eigenvalue weighted by Crippen LogP contribution is 1.97.